The maximum atomic E-state index is 13.6. The second-order valence-corrected chi connectivity index (χ2v) is 11.9. The second-order valence-electron chi connectivity index (χ2n) is 10.7. The number of carbonyl (C=O) groups is 3. The van der Waals surface area contributed by atoms with Crippen LogP contribution in [-0.4, -0.2) is 31.9 Å². The maximum Gasteiger partial charge on any atom is 0.272 e. The Kier molecular flexibility index (Phi) is 11.3. The number of methoxy groups -OCH3 is 2. The third-order valence-corrected chi connectivity index (χ3v) is 8.55. The lowest BCUT2D eigenvalue weighted by molar-refractivity contribution is -0.116. The zero-order chi connectivity index (χ0) is 33.9. The SMILES string of the molecule is COc1cccc(/C=C(\NC(=O)c2ccccc2)C(=O)Nc2ccc(SC(C(=O)Nc3ccc(C)cc3)c3ccccc3)cc2)c1OC. The van der Waals surface area contributed by atoms with Gasteiger partial charge in [-0.15, -0.1) is 11.8 Å². The smallest absolute Gasteiger partial charge is 0.272 e. The molecule has 8 nitrogen and oxygen atoms in total. The van der Waals surface area contributed by atoms with Crippen LogP contribution in [0.1, 0.15) is 32.3 Å². The predicted octanol–water partition coefficient (Wildman–Crippen LogP) is 7.89. The van der Waals surface area contributed by atoms with Crippen molar-refractivity contribution in [3.63, 3.8) is 0 Å². The van der Waals surface area contributed by atoms with E-state index < -0.39 is 17.1 Å². The lowest BCUT2D eigenvalue weighted by Crippen LogP contribution is -2.30. The van der Waals surface area contributed by atoms with E-state index in [1.54, 1.807) is 60.7 Å². The zero-order valence-corrected chi connectivity index (χ0v) is 27.5. The number of thioether (sulfide) groups is 1. The molecule has 0 heterocycles. The molecule has 0 fully saturated rings. The number of rotatable bonds is 12. The molecule has 0 aromatic heterocycles. The molecule has 0 radical (unpaired) electrons. The molecule has 5 aromatic rings. The van der Waals surface area contributed by atoms with E-state index >= 15 is 0 Å². The van der Waals surface area contributed by atoms with Crippen molar-refractivity contribution in [2.24, 2.45) is 0 Å². The van der Waals surface area contributed by atoms with Gasteiger partial charge in [-0.2, -0.15) is 0 Å². The Bertz CT molecular complexity index is 1890. The fraction of sp³-hybridized carbons (Fsp3) is 0.103. The summed E-state index contributed by atoms with van der Waals surface area (Å²) in [5, 5.41) is 8.13. The Morgan fingerprint density at radius 1 is 0.688 bits per heavy atom. The van der Waals surface area contributed by atoms with E-state index in [0.29, 0.717) is 28.3 Å². The standard InChI is InChI=1S/C39H35N3O5S/c1-26-17-19-30(20-18-26)41-39(45)36(27-11-6-4-7-12-27)48-32-23-21-31(22-24-32)40-38(44)33(42-37(43)28-13-8-5-9-14-28)25-29-15-10-16-34(46-2)35(29)47-3/h4-25,36H,1-3H3,(H,40,44)(H,41,45)(H,42,43)/b33-25-. The first-order chi connectivity index (χ1) is 23.3. The number of hydrogen-bond acceptors (Lipinski definition) is 6. The lowest BCUT2D eigenvalue weighted by atomic mass is 10.1. The summed E-state index contributed by atoms with van der Waals surface area (Å²) in [6, 6.07) is 38.3. The average molecular weight is 658 g/mol. The highest BCUT2D eigenvalue weighted by atomic mass is 32.2. The van der Waals surface area contributed by atoms with E-state index in [4.69, 9.17) is 9.47 Å². The van der Waals surface area contributed by atoms with Gasteiger partial charge in [-0.3, -0.25) is 14.4 Å². The first-order valence-corrected chi connectivity index (χ1v) is 16.0. The number of aryl methyl sites for hydroxylation is 1. The Morgan fingerprint density at radius 2 is 1.31 bits per heavy atom. The summed E-state index contributed by atoms with van der Waals surface area (Å²) in [5.41, 5.74) is 4.14. The molecule has 5 rings (SSSR count). The van der Waals surface area contributed by atoms with Gasteiger partial charge in [0.15, 0.2) is 11.5 Å². The Morgan fingerprint density at radius 3 is 1.96 bits per heavy atom. The van der Waals surface area contributed by atoms with Crippen molar-refractivity contribution in [2.45, 2.75) is 17.1 Å². The molecule has 3 N–H and O–H groups in total. The number of hydrogen-bond donors (Lipinski definition) is 3. The summed E-state index contributed by atoms with van der Waals surface area (Å²) in [6.45, 7) is 2.00. The normalized spacial score (nSPS) is 11.6. The molecule has 242 valence electrons. The molecule has 0 aliphatic rings. The van der Waals surface area contributed by atoms with Gasteiger partial charge in [-0.25, -0.2) is 0 Å². The van der Waals surface area contributed by atoms with Gasteiger partial charge >= 0.3 is 0 Å². The number of amides is 3. The van der Waals surface area contributed by atoms with Gasteiger partial charge in [0, 0.05) is 27.4 Å². The van der Waals surface area contributed by atoms with Crippen molar-refractivity contribution >= 4 is 46.9 Å². The number of anilines is 2. The summed E-state index contributed by atoms with van der Waals surface area (Å²) >= 11 is 1.40. The second kappa shape index (κ2) is 16.2. The zero-order valence-electron chi connectivity index (χ0n) is 26.7. The van der Waals surface area contributed by atoms with Crippen LogP contribution in [0.25, 0.3) is 6.08 Å². The van der Waals surface area contributed by atoms with Crippen molar-refractivity contribution < 1.29 is 23.9 Å². The van der Waals surface area contributed by atoms with Crippen LogP contribution < -0.4 is 25.4 Å². The van der Waals surface area contributed by atoms with Crippen LogP contribution in [0, 0.1) is 6.92 Å². The number of nitrogens with one attached hydrogen (secondary N) is 3. The highest BCUT2D eigenvalue weighted by Crippen LogP contribution is 2.37. The molecule has 0 aliphatic heterocycles. The van der Waals surface area contributed by atoms with Gasteiger partial charge in [0.1, 0.15) is 10.9 Å². The van der Waals surface area contributed by atoms with Crippen LogP contribution in [0.3, 0.4) is 0 Å². The highest BCUT2D eigenvalue weighted by molar-refractivity contribution is 8.00. The monoisotopic (exact) mass is 657 g/mol. The van der Waals surface area contributed by atoms with Crippen LogP contribution >= 0.6 is 11.8 Å². The van der Waals surface area contributed by atoms with Crippen molar-refractivity contribution in [2.75, 3.05) is 24.9 Å². The van der Waals surface area contributed by atoms with Gasteiger partial charge in [0.05, 0.1) is 14.2 Å². The molecule has 9 heteroatoms. The summed E-state index contributed by atoms with van der Waals surface area (Å²) < 4.78 is 11.0. The molecule has 5 aromatic carbocycles. The van der Waals surface area contributed by atoms with E-state index in [0.717, 1.165) is 21.7 Å². The maximum absolute atomic E-state index is 13.6. The number of ether oxygens (including phenoxy) is 2. The molecule has 0 bridgehead atoms. The molecule has 1 atom stereocenters. The Labute approximate surface area is 284 Å². The van der Waals surface area contributed by atoms with Crippen LogP contribution in [0.4, 0.5) is 11.4 Å². The molecule has 0 saturated carbocycles. The summed E-state index contributed by atoms with van der Waals surface area (Å²) in [4.78, 5) is 41.1. The van der Waals surface area contributed by atoms with Crippen LogP contribution in [0.15, 0.2) is 138 Å². The number of carbonyl (C=O) groups excluding carboxylic acids is 3. The van der Waals surface area contributed by atoms with E-state index in [9.17, 15) is 14.4 Å². The van der Waals surface area contributed by atoms with Crippen molar-refractivity contribution in [1.29, 1.82) is 0 Å². The van der Waals surface area contributed by atoms with Crippen LogP contribution in [-0.2, 0) is 9.59 Å². The topological polar surface area (TPSA) is 106 Å². The first kappa shape index (κ1) is 33.6. The first-order valence-electron chi connectivity index (χ1n) is 15.1. The number of benzene rings is 5. The van der Waals surface area contributed by atoms with E-state index in [1.165, 1.54) is 26.0 Å². The third-order valence-electron chi connectivity index (χ3n) is 7.29. The quantitative estimate of drug-likeness (QED) is 0.0931. The lowest BCUT2D eigenvalue weighted by Gasteiger charge is -2.18. The van der Waals surface area contributed by atoms with Gasteiger partial charge in [0.2, 0.25) is 5.91 Å². The van der Waals surface area contributed by atoms with Gasteiger partial charge in [0.25, 0.3) is 11.8 Å². The minimum atomic E-state index is -0.538. The van der Waals surface area contributed by atoms with Gasteiger partial charge in [-0.05, 0) is 73.2 Å². The largest absolute Gasteiger partial charge is 0.493 e. The molecule has 48 heavy (non-hydrogen) atoms. The molecule has 1 unspecified atom stereocenters. The Balaban J connectivity index is 1.36. The van der Waals surface area contributed by atoms with Gasteiger partial charge < -0.3 is 25.4 Å². The van der Waals surface area contributed by atoms with Gasteiger partial charge in [-0.1, -0.05) is 78.4 Å². The summed E-state index contributed by atoms with van der Waals surface area (Å²) in [5.74, 6) is -0.232. The fourth-order valence-electron chi connectivity index (χ4n) is 4.82. The van der Waals surface area contributed by atoms with E-state index in [2.05, 4.69) is 16.0 Å². The van der Waals surface area contributed by atoms with Crippen LogP contribution in [0.2, 0.25) is 0 Å². The molecule has 3 amide bonds. The minimum absolute atomic E-state index is 0.00535. The average Bonchev–Trinajstić information content (AvgIpc) is 3.12. The predicted molar refractivity (Wildman–Crippen MR) is 191 cm³/mol. The van der Waals surface area contributed by atoms with E-state index in [1.807, 2.05) is 79.7 Å². The molecular formula is C39H35N3O5S. The summed E-state index contributed by atoms with van der Waals surface area (Å²) in [7, 11) is 3.03. The van der Waals surface area contributed by atoms with Crippen molar-refractivity contribution in [3.05, 3.63) is 155 Å². The van der Waals surface area contributed by atoms with Crippen molar-refractivity contribution in [3.8, 4) is 11.5 Å². The number of para-hydroxylation sites is 1. The van der Waals surface area contributed by atoms with Crippen LogP contribution in [0.5, 0.6) is 11.5 Å². The highest BCUT2D eigenvalue weighted by Gasteiger charge is 2.23. The Hall–Kier alpha value is -5.80. The fourth-order valence-corrected chi connectivity index (χ4v) is 5.84. The molecule has 0 aliphatic carbocycles. The molecule has 0 spiro atoms. The van der Waals surface area contributed by atoms with Crippen molar-refractivity contribution in [1.82, 2.24) is 5.32 Å². The third kappa shape index (κ3) is 8.71. The minimum Gasteiger partial charge on any atom is -0.493 e. The van der Waals surface area contributed by atoms with E-state index in [-0.39, 0.29) is 11.6 Å². The molecule has 0 saturated heterocycles. The summed E-state index contributed by atoms with van der Waals surface area (Å²) in [6.07, 6.45) is 1.54. The molecular weight excluding hydrogens is 623 g/mol.